The molecule has 3 heterocycles. The lowest BCUT2D eigenvalue weighted by Crippen LogP contribution is -2.31. The number of amides is 1. The van der Waals surface area contributed by atoms with Crippen LogP contribution < -0.4 is 9.47 Å². The van der Waals surface area contributed by atoms with E-state index in [4.69, 9.17) is 9.47 Å². The standard InChI is InChI=1S/C23H31N3O5S/c1-15-19(16(2)26(24-15)18-9-10-32(28,29)14-18)12-25(5)21(27)13-30-20-8-6-7-17-11-23(3,4)31-22(17)20/h6-8,18H,9-14H2,1-5H3/t18-/m1/s1. The summed E-state index contributed by atoms with van der Waals surface area (Å²) in [7, 11) is -1.27. The van der Waals surface area contributed by atoms with E-state index in [1.807, 2.05) is 50.6 Å². The molecule has 1 amide bonds. The number of rotatable bonds is 6. The number of sulfone groups is 1. The van der Waals surface area contributed by atoms with Crippen LogP contribution >= 0.6 is 0 Å². The van der Waals surface area contributed by atoms with Crippen LogP contribution in [0, 0.1) is 13.8 Å². The number of hydrogen-bond donors (Lipinski definition) is 0. The van der Waals surface area contributed by atoms with Gasteiger partial charge in [0.05, 0.1) is 23.2 Å². The molecule has 0 radical (unpaired) electrons. The maximum Gasteiger partial charge on any atom is 0.260 e. The number of carbonyl (C=O) groups excluding carboxylic acids is 1. The number of aryl methyl sites for hydroxylation is 1. The summed E-state index contributed by atoms with van der Waals surface area (Å²) in [4.78, 5) is 14.4. The van der Waals surface area contributed by atoms with Crippen molar-refractivity contribution in [3.05, 3.63) is 40.7 Å². The van der Waals surface area contributed by atoms with Crippen molar-refractivity contribution >= 4 is 15.7 Å². The zero-order chi connectivity index (χ0) is 23.3. The number of hydrogen-bond acceptors (Lipinski definition) is 6. The van der Waals surface area contributed by atoms with Gasteiger partial charge in [-0.1, -0.05) is 12.1 Å². The number of benzene rings is 1. The zero-order valence-electron chi connectivity index (χ0n) is 19.3. The molecular weight excluding hydrogens is 430 g/mol. The van der Waals surface area contributed by atoms with Crippen LogP contribution in [0.3, 0.4) is 0 Å². The quantitative estimate of drug-likeness (QED) is 0.657. The number of likely N-dealkylation sites (N-methyl/N-ethyl adjacent to an activating group) is 1. The maximum atomic E-state index is 12.8. The highest BCUT2D eigenvalue weighted by Gasteiger charge is 2.33. The molecule has 32 heavy (non-hydrogen) atoms. The van der Waals surface area contributed by atoms with Gasteiger partial charge < -0.3 is 14.4 Å². The van der Waals surface area contributed by atoms with Crippen LogP contribution in [-0.4, -0.2) is 59.8 Å². The van der Waals surface area contributed by atoms with Crippen molar-refractivity contribution in [1.82, 2.24) is 14.7 Å². The Balaban J connectivity index is 1.41. The van der Waals surface area contributed by atoms with E-state index in [0.717, 1.165) is 28.9 Å². The molecule has 1 aromatic carbocycles. The molecule has 0 N–H and O–H groups in total. The molecule has 0 spiro atoms. The minimum atomic E-state index is -3.00. The third kappa shape index (κ3) is 4.48. The third-order valence-electron chi connectivity index (χ3n) is 6.26. The van der Waals surface area contributed by atoms with E-state index in [-0.39, 0.29) is 35.7 Å². The predicted molar refractivity (Wildman–Crippen MR) is 121 cm³/mol. The number of para-hydroxylation sites is 1. The van der Waals surface area contributed by atoms with Crippen molar-refractivity contribution in [2.75, 3.05) is 25.2 Å². The van der Waals surface area contributed by atoms with Gasteiger partial charge in [0.1, 0.15) is 5.60 Å². The van der Waals surface area contributed by atoms with Crippen LogP contribution in [0.5, 0.6) is 11.5 Å². The Morgan fingerprint density at radius 3 is 2.78 bits per heavy atom. The Hall–Kier alpha value is -2.55. The van der Waals surface area contributed by atoms with E-state index >= 15 is 0 Å². The number of nitrogens with zero attached hydrogens (tertiary/aromatic N) is 3. The highest BCUT2D eigenvalue weighted by molar-refractivity contribution is 7.91. The van der Waals surface area contributed by atoms with Crippen molar-refractivity contribution in [2.24, 2.45) is 0 Å². The summed E-state index contributed by atoms with van der Waals surface area (Å²) in [5.74, 6) is 1.46. The molecule has 174 valence electrons. The first kappa shape index (κ1) is 22.6. The second kappa shape index (κ2) is 8.10. The first-order valence-corrected chi connectivity index (χ1v) is 12.7. The number of fused-ring (bicyclic) bond motifs is 1. The largest absolute Gasteiger partial charge is 0.483 e. The molecule has 1 fully saturated rings. The van der Waals surface area contributed by atoms with E-state index < -0.39 is 9.84 Å². The fourth-order valence-corrected chi connectivity index (χ4v) is 6.22. The van der Waals surface area contributed by atoms with Gasteiger partial charge in [-0.25, -0.2) is 8.42 Å². The van der Waals surface area contributed by atoms with Gasteiger partial charge in [0, 0.05) is 36.8 Å². The van der Waals surface area contributed by atoms with Gasteiger partial charge in [0.25, 0.3) is 5.91 Å². The summed E-state index contributed by atoms with van der Waals surface area (Å²) in [6, 6.07) is 5.61. The molecule has 8 nitrogen and oxygen atoms in total. The molecule has 0 saturated carbocycles. The molecule has 4 rings (SSSR count). The molecule has 1 atom stereocenters. The molecule has 1 aromatic heterocycles. The van der Waals surface area contributed by atoms with Gasteiger partial charge in [-0.2, -0.15) is 5.10 Å². The Kier molecular flexibility index (Phi) is 5.73. The highest BCUT2D eigenvalue weighted by atomic mass is 32.2. The van der Waals surface area contributed by atoms with Crippen LogP contribution in [-0.2, 0) is 27.6 Å². The number of carbonyl (C=O) groups is 1. The molecule has 0 unspecified atom stereocenters. The third-order valence-corrected chi connectivity index (χ3v) is 8.01. The van der Waals surface area contributed by atoms with E-state index in [2.05, 4.69) is 5.10 Å². The SMILES string of the molecule is Cc1nn([C@@H]2CCS(=O)(=O)C2)c(C)c1CN(C)C(=O)COc1cccc2c1OC(C)(C)C2. The lowest BCUT2D eigenvalue weighted by Gasteiger charge is -2.20. The van der Waals surface area contributed by atoms with Crippen molar-refractivity contribution < 1.29 is 22.7 Å². The Labute approximate surface area is 189 Å². The summed E-state index contributed by atoms with van der Waals surface area (Å²) in [5.41, 5.74) is 3.46. The smallest absolute Gasteiger partial charge is 0.260 e. The normalized spacial score (nSPS) is 20.6. The van der Waals surface area contributed by atoms with Crippen molar-refractivity contribution in [2.45, 2.75) is 58.7 Å². The lowest BCUT2D eigenvalue weighted by molar-refractivity contribution is -0.132. The van der Waals surface area contributed by atoms with Crippen molar-refractivity contribution in [3.63, 3.8) is 0 Å². The summed E-state index contributed by atoms with van der Waals surface area (Å²) in [6.07, 6.45) is 1.38. The summed E-state index contributed by atoms with van der Waals surface area (Å²) in [5, 5.41) is 4.58. The Morgan fingerprint density at radius 1 is 1.34 bits per heavy atom. The molecule has 2 aromatic rings. The van der Waals surface area contributed by atoms with Crippen molar-refractivity contribution in [3.8, 4) is 11.5 Å². The van der Waals surface area contributed by atoms with Crippen molar-refractivity contribution in [1.29, 1.82) is 0 Å². The Bertz CT molecular complexity index is 1150. The predicted octanol–water partition coefficient (Wildman–Crippen LogP) is 2.61. The highest BCUT2D eigenvalue weighted by Crippen LogP contribution is 2.41. The molecule has 2 aliphatic heterocycles. The summed E-state index contributed by atoms with van der Waals surface area (Å²) in [6.45, 7) is 8.17. The monoisotopic (exact) mass is 461 g/mol. The maximum absolute atomic E-state index is 12.8. The second-order valence-electron chi connectivity index (χ2n) is 9.47. The molecule has 0 bridgehead atoms. The average molecular weight is 462 g/mol. The van der Waals surface area contributed by atoms with Crippen LogP contribution in [0.25, 0.3) is 0 Å². The van der Waals surface area contributed by atoms with Gasteiger partial charge in [0.15, 0.2) is 27.9 Å². The minimum absolute atomic E-state index is 0.0934. The molecule has 0 aliphatic carbocycles. The fraction of sp³-hybridized carbons (Fsp3) is 0.565. The van der Waals surface area contributed by atoms with Gasteiger partial charge >= 0.3 is 0 Å². The van der Waals surface area contributed by atoms with Gasteiger partial charge in [-0.15, -0.1) is 0 Å². The van der Waals surface area contributed by atoms with Crippen LogP contribution in [0.15, 0.2) is 18.2 Å². The molecular formula is C23H31N3O5S. The first-order valence-electron chi connectivity index (χ1n) is 10.9. The van der Waals surface area contributed by atoms with E-state index in [1.165, 1.54) is 0 Å². The van der Waals surface area contributed by atoms with E-state index in [1.54, 1.807) is 11.9 Å². The van der Waals surface area contributed by atoms with Crippen LogP contribution in [0.2, 0.25) is 0 Å². The molecule has 1 saturated heterocycles. The second-order valence-corrected chi connectivity index (χ2v) is 11.7. The summed E-state index contributed by atoms with van der Waals surface area (Å²) >= 11 is 0. The van der Waals surface area contributed by atoms with E-state index in [0.29, 0.717) is 24.5 Å². The number of aromatic nitrogens is 2. The summed E-state index contributed by atoms with van der Waals surface area (Å²) < 4.78 is 37.4. The Morgan fingerprint density at radius 2 is 2.09 bits per heavy atom. The fourth-order valence-electron chi connectivity index (χ4n) is 4.53. The van der Waals surface area contributed by atoms with Crippen LogP contribution in [0.1, 0.15) is 48.8 Å². The van der Waals surface area contributed by atoms with Gasteiger partial charge in [-0.3, -0.25) is 9.48 Å². The molecule has 9 heteroatoms. The zero-order valence-corrected chi connectivity index (χ0v) is 20.2. The minimum Gasteiger partial charge on any atom is -0.483 e. The molecule has 2 aliphatic rings. The average Bonchev–Trinajstić information content (AvgIpc) is 3.32. The van der Waals surface area contributed by atoms with Gasteiger partial charge in [-0.05, 0) is 40.2 Å². The van der Waals surface area contributed by atoms with E-state index in [9.17, 15) is 13.2 Å². The first-order chi connectivity index (χ1) is 15.0. The number of ether oxygens (including phenoxy) is 2. The van der Waals surface area contributed by atoms with Gasteiger partial charge in [0.2, 0.25) is 0 Å². The lowest BCUT2D eigenvalue weighted by atomic mass is 10.0. The van der Waals surface area contributed by atoms with Crippen LogP contribution in [0.4, 0.5) is 0 Å². The topological polar surface area (TPSA) is 90.7 Å².